The molecule has 0 saturated heterocycles. The van der Waals surface area contributed by atoms with Crippen molar-refractivity contribution >= 4 is 15.7 Å². The maximum Gasteiger partial charge on any atom is 0.240 e. The fraction of sp³-hybridized carbons (Fsp3) is 0.333. The number of hydrogen-bond donors (Lipinski definition) is 2. The second-order valence-corrected chi connectivity index (χ2v) is 5.88. The lowest BCUT2D eigenvalue weighted by Gasteiger charge is -2.07. The van der Waals surface area contributed by atoms with Crippen LogP contribution in [0.1, 0.15) is 18.6 Å². The van der Waals surface area contributed by atoms with Gasteiger partial charge in [-0.25, -0.2) is 13.1 Å². The summed E-state index contributed by atoms with van der Waals surface area (Å²) in [5, 5.41) is 6.73. The third-order valence-corrected chi connectivity index (χ3v) is 3.95. The van der Waals surface area contributed by atoms with Crippen LogP contribution in [-0.2, 0) is 16.6 Å². The molecule has 0 spiro atoms. The van der Waals surface area contributed by atoms with Crippen LogP contribution >= 0.6 is 0 Å². The van der Waals surface area contributed by atoms with E-state index in [1.54, 1.807) is 31.2 Å². The van der Waals surface area contributed by atoms with Gasteiger partial charge in [0.15, 0.2) is 5.82 Å². The van der Waals surface area contributed by atoms with Crippen LogP contribution in [0, 0.1) is 6.92 Å². The molecule has 20 heavy (non-hydrogen) atoms. The quantitative estimate of drug-likeness (QED) is 0.833. The molecule has 0 unspecified atom stereocenters. The minimum atomic E-state index is -3.58. The summed E-state index contributed by atoms with van der Waals surface area (Å²) >= 11 is 0. The average Bonchev–Trinajstić information content (AvgIpc) is 2.84. The lowest BCUT2D eigenvalue weighted by atomic mass is 10.3. The molecule has 0 aliphatic heterocycles. The van der Waals surface area contributed by atoms with Crippen molar-refractivity contribution in [2.75, 3.05) is 11.9 Å². The number of hydrogen-bond acceptors (Lipinski definition) is 6. The molecule has 2 rings (SSSR count). The summed E-state index contributed by atoms with van der Waals surface area (Å²) in [7, 11) is -3.58. The Morgan fingerprint density at radius 1 is 1.25 bits per heavy atom. The van der Waals surface area contributed by atoms with E-state index in [1.807, 2.05) is 6.92 Å². The smallest absolute Gasteiger partial charge is 0.240 e. The summed E-state index contributed by atoms with van der Waals surface area (Å²) < 4.78 is 31.3. The van der Waals surface area contributed by atoms with E-state index in [1.165, 1.54) is 0 Å². The average molecular weight is 296 g/mol. The van der Waals surface area contributed by atoms with Gasteiger partial charge in [0.05, 0.1) is 11.4 Å². The molecule has 0 aliphatic carbocycles. The molecule has 2 N–H and O–H groups in total. The third-order valence-electron chi connectivity index (χ3n) is 2.54. The summed E-state index contributed by atoms with van der Waals surface area (Å²) in [6.07, 6.45) is 0. The molecule has 0 amide bonds. The lowest BCUT2D eigenvalue weighted by Crippen LogP contribution is -2.23. The van der Waals surface area contributed by atoms with Gasteiger partial charge in [0.25, 0.3) is 0 Å². The fourth-order valence-electron chi connectivity index (χ4n) is 1.61. The van der Waals surface area contributed by atoms with E-state index in [-0.39, 0.29) is 11.4 Å². The SMILES string of the molecule is CCNc1ccc(S(=O)(=O)NCc2noc(C)n2)cc1. The monoisotopic (exact) mass is 296 g/mol. The highest BCUT2D eigenvalue weighted by Gasteiger charge is 2.15. The van der Waals surface area contributed by atoms with Gasteiger partial charge in [0.2, 0.25) is 15.9 Å². The Bertz CT molecular complexity index is 664. The van der Waals surface area contributed by atoms with Gasteiger partial charge in [-0.2, -0.15) is 4.98 Å². The topological polar surface area (TPSA) is 97.1 Å². The molecule has 0 aliphatic rings. The first-order chi connectivity index (χ1) is 9.51. The van der Waals surface area contributed by atoms with Crippen molar-refractivity contribution in [3.05, 3.63) is 36.0 Å². The highest BCUT2D eigenvalue weighted by atomic mass is 32.2. The first-order valence-electron chi connectivity index (χ1n) is 6.14. The number of anilines is 1. The summed E-state index contributed by atoms with van der Waals surface area (Å²) in [4.78, 5) is 4.13. The Morgan fingerprint density at radius 3 is 2.50 bits per heavy atom. The van der Waals surface area contributed by atoms with Gasteiger partial charge in [0.1, 0.15) is 0 Å². The van der Waals surface area contributed by atoms with E-state index in [2.05, 4.69) is 20.2 Å². The molecular formula is C12H16N4O3S. The summed E-state index contributed by atoms with van der Waals surface area (Å²) in [5.74, 6) is 0.699. The Labute approximate surface area is 117 Å². The fourth-order valence-corrected chi connectivity index (χ4v) is 2.59. The van der Waals surface area contributed by atoms with E-state index in [0.717, 1.165) is 12.2 Å². The summed E-state index contributed by atoms with van der Waals surface area (Å²) in [6, 6.07) is 6.52. The molecule has 0 atom stereocenters. The van der Waals surface area contributed by atoms with Crippen LogP contribution in [0.15, 0.2) is 33.7 Å². The number of nitrogens with zero attached hydrogens (tertiary/aromatic N) is 2. The summed E-state index contributed by atoms with van der Waals surface area (Å²) in [5.41, 5.74) is 0.875. The van der Waals surface area contributed by atoms with E-state index in [0.29, 0.717) is 11.7 Å². The Hall–Kier alpha value is -1.93. The van der Waals surface area contributed by atoms with Crippen LogP contribution in [-0.4, -0.2) is 25.1 Å². The van der Waals surface area contributed by atoms with Gasteiger partial charge in [-0.1, -0.05) is 5.16 Å². The van der Waals surface area contributed by atoms with Crippen LogP contribution in [0.4, 0.5) is 5.69 Å². The first kappa shape index (κ1) is 14.5. The van der Waals surface area contributed by atoms with Gasteiger partial charge in [-0.05, 0) is 31.2 Å². The molecule has 2 aromatic rings. The Balaban J connectivity index is 2.05. The minimum absolute atomic E-state index is 0.00532. The largest absolute Gasteiger partial charge is 0.385 e. The zero-order valence-electron chi connectivity index (χ0n) is 11.3. The van der Waals surface area contributed by atoms with Gasteiger partial charge < -0.3 is 9.84 Å². The second-order valence-electron chi connectivity index (χ2n) is 4.11. The summed E-state index contributed by atoms with van der Waals surface area (Å²) in [6.45, 7) is 4.39. The normalized spacial score (nSPS) is 11.5. The van der Waals surface area contributed by atoms with Crippen LogP contribution in [0.3, 0.4) is 0 Å². The predicted octanol–water partition coefficient (Wildman–Crippen LogP) is 1.29. The molecule has 0 saturated carbocycles. The van der Waals surface area contributed by atoms with Crippen molar-refractivity contribution in [1.82, 2.24) is 14.9 Å². The van der Waals surface area contributed by atoms with E-state index < -0.39 is 10.0 Å². The molecule has 0 bridgehead atoms. The van der Waals surface area contributed by atoms with Crippen molar-refractivity contribution in [1.29, 1.82) is 0 Å². The van der Waals surface area contributed by atoms with Gasteiger partial charge >= 0.3 is 0 Å². The maximum atomic E-state index is 12.1. The molecule has 1 aromatic heterocycles. The molecule has 0 fully saturated rings. The Morgan fingerprint density at radius 2 is 1.95 bits per heavy atom. The van der Waals surface area contributed by atoms with E-state index in [9.17, 15) is 8.42 Å². The number of aryl methyl sites for hydroxylation is 1. The van der Waals surface area contributed by atoms with E-state index in [4.69, 9.17) is 4.52 Å². The first-order valence-corrected chi connectivity index (χ1v) is 7.62. The molecule has 1 aromatic carbocycles. The number of sulfonamides is 1. The highest BCUT2D eigenvalue weighted by molar-refractivity contribution is 7.89. The number of rotatable bonds is 6. The van der Waals surface area contributed by atoms with Gasteiger partial charge in [-0.15, -0.1) is 0 Å². The standard InChI is InChI=1S/C12H16N4O3S/c1-3-13-10-4-6-11(7-5-10)20(17,18)14-8-12-15-9(2)19-16-12/h4-7,13-14H,3,8H2,1-2H3. The van der Waals surface area contributed by atoms with Crippen molar-refractivity contribution in [3.63, 3.8) is 0 Å². The zero-order valence-corrected chi connectivity index (χ0v) is 12.1. The van der Waals surface area contributed by atoms with Gasteiger partial charge in [0, 0.05) is 19.2 Å². The molecule has 1 heterocycles. The van der Waals surface area contributed by atoms with Crippen molar-refractivity contribution in [3.8, 4) is 0 Å². The number of nitrogens with one attached hydrogen (secondary N) is 2. The molecule has 7 nitrogen and oxygen atoms in total. The molecular weight excluding hydrogens is 280 g/mol. The predicted molar refractivity (Wildman–Crippen MR) is 73.7 cm³/mol. The van der Waals surface area contributed by atoms with Gasteiger partial charge in [-0.3, -0.25) is 0 Å². The third kappa shape index (κ3) is 3.55. The number of benzene rings is 1. The Kier molecular flexibility index (Phi) is 4.35. The van der Waals surface area contributed by atoms with Crippen molar-refractivity contribution < 1.29 is 12.9 Å². The van der Waals surface area contributed by atoms with Crippen LogP contribution in [0.2, 0.25) is 0 Å². The molecule has 108 valence electrons. The highest BCUT2D eigenvalue weighted by Crippen LogP contribution is 2.14. The molecule has 0 radical (unpaired) electrons. The second kappa shape index (κ2) is 6.02. The van der Waals surface area contributed by atoms with E-state index >= 15 is 0 Å². The maximum absolute atomic E-state index is 12.1. The van der Waals surface area contributed by atoms with Crippen molar-refractivity contribution in [2.45, 2.75) is 25.3 Å². The van der Waals surface area contributed by atoms with Crippen molar-refractivity contribution in [2.24, 2.45) is 0 Å². The van der Waals surface area contributed by atoms with Crippen LogP contribution < -0.4 is 10.0 Å². The van der Waals surface area contributed by atoms with Crippen LogP contribution in [0.25, 0.3) is 0 Å². The number of aromatic nitrogens is 2. The zero-order chi connectivity index (χ0) is 14.6. The molecule has 8 heteroatoms. The lowest BCUT2D eigenvalue weighted by molar-refractivity contribution is 0.387. The minimum Gasteiger partial charge on any atom is -0.385 e. The van der Waals surface area contributed by atoms with Crippen LogP contribution in [0.5, 0.6) is 0 Å².